The van der Waals surface area contributed by atoms with E-state index in [1.54, 1.807) is 12.1 Å². The Morgan fingerprint density at radius 1 is 1.53 bits per heavy atom. The van der Waals surface area contributed by atoms with Crippen molar-refractivity contribution in [3.8, 4) is 0 Å². The lowest BCUT2D eigenvalue weighted by Crippen LogP contribution is -2.05. The molecule has 0 aliphatic rings. The van der Waals surface area contributed by atoms with Crippen LogP contribution in [0.15, 0.2) is 18.2 Å². The van der Waals surface area contributed by atoms with Crippen LogP contribution in [0.3, 0.4) is 0 Å². The van der Waals surface area contributed by atoms with Crippen LogP contribution in [-0.4, -0.2) is 13.6 Å². The van der Waals surface area contributed by atoms with Crippen LogP contribution in [-0.2, 0) is 0 Å². The van der Waals surface area contributed by atoms with Crippen molar-refractivity contribution < 1.29 is 4.39 Å². The minimum Gasteiger partial charge on any atom is -0.396 e. The van der Waals surface area contributed by atoms with Crippen LogP contribution in [0.25, 0.3) is 6.08 Å². The molecule has 0 saturated carbocycles. The average molecular weight is 229 g/mol. The van der Waals surface area contributed by atoms with Gasteiger partial charge in [-0.25, -0.2) is 4.39 Å². The van der Waals surface area contributed by atoms with E-state index in [0.717, 1.165) is 13.0 Å². The average Bonchev–Trinajstić information content (AvgIpc) is 2.19. The van der Waals surface area contributed by atoms with Crippen LogP contribution in [0.5, 0.6) is 0 Å². The van der Waals surface area contributed by atoms with Crippen LogP contribution in [0.1, 0.15) is 12.0 Å². The molecule has 0 radical (unpaired) electrons. The molecular weight excluding hydrogens is 215 g/mol. The predicted molar refractivity (Wildman–Crippen MR) is 63.4 cm³/mol. The minimum absolute atomic E-state index is 0.139. The molecule has 1 aromatic carbocycles. The van der Waals surface area contributed by atoms with Crippen LogP contribution in [0.2, 0.25) is 5.02 Å². The van der Waals surface area contributed by atoms with E-state index in [9.17, 15) is 4.39 Å². The fourth-order valence-electron chi connectivity index (χ4n) is 1.18. The van der Waals surface area contributed by atoms with Crippen molar-refractivity contribution in [2.24, 2.45) is 0 Å². The third-order valence-electron chi connectivity index (χ3n) is 1.98. The first kappa shape index (κ1) is 12.0. The van der Waals surface area contributed by atoms with Crippen LogP contribution in [0, 0.1) is 5.82 Å². The molecule has 0 aromatic heterocycles. The normalized spacial score (nSPS) is 11.1. The molecule has 0 atom stereocenters. The van der Waals surface area contributed by atoms with Crippen LogP contribution < -0.4 is 11.1 Å². The number of anilines is 1. The molecule has 0 aliphatic carbocycles. The molecule has 0 heterocycles. The van der Waals surface area contributed by atoms with Gasteiger partial charge in [-0.15, -0.1) is 0 Å². The molecule has 0 fully saturated rings. The monoisotopic (exact) mass is 228 g/mol. The second-order valence-electron chi connectivity index (χ2n) is 3.19. The van der Waals surface area contributed by atoms with Crippen molar-refractivity contribution in [1.82, 2.24) is 5.32 Å². The summed E-state index contributed by atoms with van der Waals surface area (Å²) in [6.45, 7) is 0.874. The van der Waals surface area contributed by atoms with Gasteiger partial charge in [0.2, 0.25) is 0 Å². The maximum atomic E-state index is 13.2. The number of nitrogen functional groups attached to an aromatic ring is 1. The van der Waals surface area contributed by atoms with Gasteiger partial charge in [0, 0.05) is 10.6 Å². The van der Waals surface area contributed by atoms with E-state index < -0.39 is 5.82 Å². The minimum atomic E-state index is -0.476. The third-order valence-corrected chi connectivity index (χ3v) is 2.20. The summed E-state index contributed by atoms with van der Waals surface area (Å²) in [4.78, 5) is 0. The van der Waals surface area contributed by atoms with Gasteiger partial charge in [0.15, 0.2) is 0 Å². The topological polar surface area (TPSA) is 38.0 Å². The number of rotatable bonds is 4. The SMILES string of the molecule is CNCCC=Cc1cc(Cl)cc(F)c1N. The lowest BCUT2D eigenvalue weighted by atomic mass is 10.1. The second kappa shape index (κ2) is 5.73. The Bertz CT molecular complexity index is 364. The lowest BCUT2D eigenvalue weighted by Gasteiger charge is -2.02. The Kier molecular flexibility index (Phi) is 4.59. The standard InChI is InChI=1S/C11H14ClFN2/c1-15-5-3-2-4-8-6-9(12)7-10(13)11(8)14/h2,4,6-7,15H,3,5,14H2,1H3. The molecule has 0 bridgehead atoms. The Labute approximate surface area is 93.9 Å². The maximum Gasteiger partial charge on any atom is 0.148 e. The summed E-state index contributed by atoms with van der Waals surface area (Å²) >= 11 is 5.72. The van der Waals surface area contributed by atoms with E-state index in [4.69, 9.17) is 17.3 Å². The Morgan fingerprint density at radius 3 is 2.93 bits per heavy atom. The Morgan fingerprint density at radius 2 is 2.27 bits per heavy atom. The molecule has 0 spiro atoms. The summed E-state index contributed by atoms with van der Waals surface area (Å²) in [5, 5.41) is 3.37. The molecule has 0 aliphatic heterocycles. The first-order chi connectivity index (χ1) is 7.15. The number of hydrogen-bond acceptors (Lipinski definition) is 2. The Balaban J connectivity index is 2.80. The molecule has 0 saturated heterocycles. The smallest absolute Gasteiger partial charge is 0.148 e. The summed E-state index contributed by atoms with van der Waals surface area (Å²) < 4.78 is 13.2. The van der Waals surface area contributed by atoms with Crippen molar-refractivity contribution in [2.45, 2.75) is 6.42 Å². The van der Waals surface area contributed by atoms with Crippen molar-refractivity contribution in [2.75, 3.05) is 19.3 Å². The molecule has 3 N–H and O–H groups in total. The van der Waals surface area contributed by atoms with E-state index in [2.05, 4.69) is 5.32 Å². The fraction of sp³-hybridized carbons (Fsp3) is 0.273. The zero-order chi connectivity index (χ0) is 11.3. The van der Waals surface area contributed by atoms with Crippen LogP contribution in [0.4, 0.5) is 10.1 Å². The molecule has 1 rings (SSSR count). The highest BCUT2D eigenvalue weighted by Gasteiger charge is 2.04. The van der Waals surface area contributed by atoms with Crippen molar-refractivity contribution in [3.63, 3.8) is 0 Å². The zero-order valence-electron chi connectivity index (χ0n) is 8.56. The second-order valence-corrected chi connectivity index (χ2v) is 3.62. The molecule has 0 amide bonds. The van der Waals surface area contributed by atoms with Gasteiger partial charge in [0.1, 0.15) is 5.82 Å². The van der Waals surface area contributed by atoms with Gasteiger partial charge in [-0.2, -0.15) is 0 Å². The predicted octanol–water partition coefficient (Wildman–Crippen LogP) is 2.68. The largest absolute Gasteiger partial charge is 0.396 e. The number of hydrogen-bond donors (Lipinski definition) is 2. The molecule has 2 nitrogen and oxygen atoms in total. The van der Waals surface area contributed by atoms with Gasteiger partial charge in [0.25, 0.3) is 0 Å². The number of benzene rings is 1. The molecule has 4 heteroatoms. The van der Waals surface area contributed by atoms with Crippen molar-refractivity contribution in [1.29, 1.82) is 0 Å². The Hall–Kier alpha value is -1.06. The lowest BCUT2D eigenvalue weighted by molar-refractivity contribution is 0.632. The number of nitrogens with two attached hydrogens (primary N) is 1. The summed E-state index contributed by atoms with van der Waals surface area (Å²) in [7, 11) is 1.88. The molecule has 0 unspecified atom stereocenters. The first-order valence-electron chi connectivity index (χ1n) is 4.71. The van der Waals surface area contributed by atoms with Gasteiger partial charge in [-0.3, -0.25) is 0 Å². The van der Waals surface area contributed by atoms with Gasteiger partial charge in [-0.1, -0.05) is 23.8 Å². The first-order valence-corrected chi connectivity index (χ1v) is 5.08. The zero-order valence-corrected chi connectivity index (χ0v) is 9.31. The highest BCUT2D eigenvalue weighted by Crippen LogP contribution is 2.23. The fourth-order valence-corrected chi connectivity index (χ4v) is 1.39. The van der Waals surface area contributed by atoms with Gasteiger partial charge in [0.05, 0.1) is 5.69 Å². The highest BCUT2D eigenvalue weighted by molar-refractivity contribution is 6.30. The van der Waals surface area contributed by atoms with E-state index in [1.165, 1.54) is 6.07 Å². The molecule has 15 heavy (non-hydrogen) atoms. The molecule has 82 valence electrons. The van der Waals surface area contributed by atoms with E-state index in [-0.39, 0.29) is 5.69 Å². The van der Waals surface area contributed by atoms with Crippen molar-refractivity contribution in [3.05, 3.63) is 34.6 Å². The number of nitrogens with one attached hydrogen (secondary N) is 1. The van der Waals surface area contributed by atoms with E-state index in [1.807, 2.05) is 13.1 Å². The maximum absolute atomic E-state index is 13.2. The van der Waals surface area contributed by atoms with E-state index >= 15 is 0 Å². The summed E-state index contributed by atoms with van der Waals surface area (Å²) in [6.07, 6.45) is 4.57. The summed E-state index contributed by atoms with van der Waals surface area (Å²) in [5.41, 5.74) is 6.33. The quantitative estimate of drug-likeness (QED) is 0.614. The number of halogens is 2. The summed E-state index contributed by atoms with van der Waals surface area (Å²) in [6, 6.07) is 2.86. The van der Waals surface area contributed by atoms with Gasteiger partial charge >= 0.3 is 0 Å². The van der Waals surface area contributed by atoms with E-state index in [0.29, 0.717) is 10.6 Å². The van der Waals surface area contributed by atoms with Gasteiger partial charge in [-0.05, 0) is 32.1 Å². The van der Waals surface area contributed by atoms with Gasteiger partial charge < -0.3 is 11.1 Å². The molecular formula is C11H14ClFN2. The third kappa shape index (κ3) is 3.53. The summed E-state index contributed by atoms with van der Waals surface area (Å²) in [5.74, 6) is -0.476. The molecule has 1 aromatic rings. The van der Waals surface area contributed by atoms with Crippen LogP contribution >= 0.6 is 11.6 Å². The highest BCUT2D eigenvalue weighted by atomic mass is 35.5. The van der Waals surface area contributed by atoms with Crippen molar-refractivity contribution >= 4 is 23.4 Å².